The second-order valence-corrected chi connectivity index (χ2v) is 6.96. The predicted octanol–water partition coefficient (Wildman–Crippen LogP) is 3.71. The maximum Gasteiger partial charge on any atom is 0.251 e. The van der Waals surface area contributed by atoms with E-state index in [-0.39, 0.29) is 0 Å². The number of nitrogens with zero attached hydrogens (tertiary/aromatic N) is 1. The van der Waals surface area contributed by atoms with Gasteiger partial charge in [0.1, 0.15) is 13.2 Å². The van der Waals surface area contributed by atoms with Crippen LogP contribution in [-0.2, 0) is 17.7 Å². The Morgan fingerprint density at radius 2 is 1.96 bits per heavy atom. The van der Waals surface area contributed by atoms with Crippen LogP contribution in [0.3, 0.4) is 0 Å². The highest BCUT2D eigenvalue weighted by atomic mass is 16.6. The summed E-state index contributed by atoms with van der Waals surface area (Å²) < 4.78 is 19.1. The van der Waals surface area contributed by atoms with Crippen LogP contribution in [0.25, 0.3) is 11.1 Å². The number of aromatic nitrogens is 1. The van der Waals surface area contributed by atoms with Gasteiger partial charge in [-0.05, 0) is 44.4 Å². The first-order valence-electron chi connectivity index (χ1n) is 10.1. The Morgan fingerprint density at radius 3 is 2.64 bits per heavy atom. The topological polar surface area (TPSA) is 75.7 Å². The zero-order valence-corrected chi connectivity index (χ0v) is 17.0. The lowest BCUT2D eigenvalue weighted by atomic mass is 9.97. The van der Waals surface area contributed by atoms with Crippen molar-refractivity contribution in [1.82, 2.24) is 4.57 Å². The third-order valence-corrected chi connectivity index (χ3v) is 5.07. The van der Waals surface area contributed by atoms with Gasteiger partial charge < -0.3 is 24.5 Å². The van der Waals surface area contributed by atoms with Gasteiger partial charge in [0.15, 0.2) is 11.5 Å². The van der Waals surface area contributed by atoms with Crippen LogP contribution in [0.15, 0.2) is 18.2 Å². The number of amides is 1. The van der Waals surface area contributed by atoms with Crippen LogP contribution in [0.1, 0.15) is 48.4 Å². The zero-order valence-electron chi connectivity index (χ0n) is 17.0. The Bertz CT molecular complexity index is 842. The highest BCUT2D eigenvalue weighted by Gasteiger charge is 2.25. The van der Waals surface area contributed by atoms with E-state index in [2.05, 4.69) is 11.5 Å². The number of primary amides is 1. The van der Waals surface area contributed by atoms with E-state index in [0.717, 1.165) is 54.1 Å². The van der Waals surface area contributed by atoms with Crippen molar-refractivity contribution in [2.45, 2.75) is 46.6 Å². The molecule has 6 nitrogen and oxygen atoms in total. The Kier molecular flexibility index (Phi) is 6.62. The van der Waals surface area contributed by atoms with Crippen molar-refractivity contribution in [2.24, 2.45) is 5.73 Å². The predicted molar refractivity (Wildman–Crippen MR) is 109 cm³/mol. The van der Waals surface area contributed by atoms with Crippen LogP contribution < -0.4 is 15.2 Å². The summed E-state index contributed by atoms with van der Waals surface area (Å²) in [6.45, 7) is 9.40. The minimum Gasteiger partial charge on any atom is -0.486 e. The molecule has 152 valence electrons. The number of nitrogens with two attached hydrogens (primary N) is 1. The fourth-order valence-electron chi connectivity index (χ4n) is 3.88. The average Bonchev–Trinajstić information content (AvgIpc) is 2.97. The summed E-state index contributed by atoms with van der Waals surface area (Å²) >= 11 is 0. The van der Waals surface area contributed by atoms with Crippen LogP contribution in [0.2, 0.25) is 0 Å². The number of carbonyl (C=O) groups is 1. The molecule has 6 heteroatoms. The molecular weight excluding hydrogens is 356 g/mol. The van der Waals surface area contributed by atoms with Gasteiger partial charge in [0.2, 0.25) is 0 Å². The smallest absolute Gasteiger partial charge is 0.251 e. The number of ether oxygens (including phenoxy) is 3. The van der Waals surface area contributed by atoms with E-state index >= 15 is 0 Å². The highest BCUT2D eigenvalue weighted by Crippen LogP contribution is 2.39. The van der Waals surface area contributed by atoms with Crippen molar-refractivity contribution >= 4 is 5.91 Å². The molecule has 1 aliphatic heterocycles. The fourth-order valence-corrected chi connectivity index (χ4v) is 3.88. The van der Waals surface area contributed by atoms with E-state index < -0.39 is 5.91 Å². The van der Waals surface area contributed by atoms with Crippen molar-refractivity contribution in [3.05, 3.63) is 35.2 Å². The van der Waals surface area contributed by atoms with Crippen molar-refractivity contribution in [3.63, 3.8) is 0 Å². The van der Waals surface area contributed by atoms with E-state index in [1.54, 1.807) is 0 Å². The lowest BCUT2D eigenvalue weighted by Crippen LogP contribution is -2.15. The number of hydrogen-bond donors (Lipinski definition) is 1. The second-order valence-electron chi connectivity index (χ2n) is 6.96. The molecule has 1 aromatic heterocycles. The molecule has 0 saturated carbocycles. The Morgan fingerprint density at radius 1 is 1.21 bits per heavy atom. The van der Waals surface area contributed by atoms with E-state index in [9.17, 15) is 4.79 Å². The van der Waals surface area contributed by atoms with Gasteiger partial charge >= 0.3 is 0 Å². The monoisotopic (exact) mass is 386 g/mol. The minimum absolute atomic E-state index is 0.400. The number of benzene rings is 1. The maximum atomic E-state index is 12.4. The molecule has 0 unspecified atom stereocenters. The lowest BCUT2D eigenvalue weighted by molar-refractivity contribution is 0.1000. The molecule has 28 heavy (non-hydrogen) atoms. The number of hydrogen-bond acceptors (Lipinski definition) is 4. The Labute approximate surface area is 166 Å². The van der Waals surface area contributed by atoms with E-state index in [1.807, 2.05) is 32.0 Å². The molecule has 0 aliphatic carbocycles. The van der Waals surface area contributed by atoms with Crippen LogP contribution in [0.5, 0.6) is 11.5 Å². The molecule has 1 aromatic carbocycles. The summed E-state index contributed by atoms with van der Waals surface area (Å²) in [5.41, 5.74) is 10.3. The highest BCUT2D eigenvalue weighted by molar-refractivity contribution is 6.02. The van der Waals surface area contributed by atoms with Crippen LogP contribution >= 0.6 is 0 Å². The molecule has 2 N–H and O–H groups in total. The minimum atomic E-state index is -0.400. The molecule has 0 atom stereocenters. The largest absolute Gasteiger partial charge is 0.486 e. The molecule has 0 spiro atoms. The molecule has 2 heterocycles. The number of carbonyl (C=O) groups excluding carboxylic acids is 1. The first kappa shape index (κ1) is 20.3. The molecule has 1 aliphatic rings. The average molecular weight is 386 g/mol. The molecule has 3 rings (SSSR count). The summed E-state index contributed by atoms with van der Waals surface area (Å²) in [5, 5.41) is 0. The Hall–Kier alpha value is -2.47. The molecule has 0 saturated heterocycles. The van der Waals surface area contributed by atoms with Gasteiger partial charge in [0.05, 0.1) is 5.56 Å². The SMILES string of the molecule is CCCc1c(-c2ccc3c(c2)OCCO3)c(C(N)=O)c(C)n1CCCOCC. The summed E-state index contributed by atoms with van der Waals surface area (Å²) in [4.78, 5) is 12.4. The van der Waals surface area contributed by atoms with Crippen LogP contribution in [0.4, 0.5) is 0 Å². The third-order valence-electron chi connectivity index (χ3n) is 5.07. The first-order chi connectivity index (χ1) is 13.6. The standard InChI is InChI=1S/C22H30N2O4/c1-4-7-17-21(16-8-9-18-19(14-16)28-13-12-27-18)20(22(23)25)15(3)24(17)10-6-11-26-5-2/h8-9,14H,4-7,10-13H2,1-3H3,(H2,23,25). The molecule has 1 amide bonds. The maximum absolute atomic E-state index is 12.4. The molecule has 2 aromatic rings. The van der Waals surface area contributed by atoms with Gasteiger partial charge in [-0.3, -0.25) is 4.79 Å². The normalized spacial score (nSPS) is 13.0. The summed E-state index contributed by atoms with van der Waals surface area (Å²) in [7, 11) is 0. The first-order valence-corrected chi connectivity index (χ1v) is 10.1. The molecule has 0 radical (unpaired) electrons. The zero-order chi connectivity index (χ0) is 20.1. The van der Waals surface area contributed by atoms with Crippen LogP contribution in [-0.4, -0.2) is 36.9 Å². The quantitative estimate of drug-likeness (QED) is 0.667. The molecular formula is C22H30N2O4. The third kappa shape index (κ3) is 4.02. The van der Waals surface area contributed by atoms with Crippen LogP contribution in [0, 0.1) is 6.92 Å². The van der Waals surface area contributed by atoms with Crippen molar-refractivity contribution in [2.75, 3.05) is 26.4 Å². The van der Waals surface area contributed by atoms with E-state index in [1.165, 1.54) is 0 Å². The number of fused-ring (bicyclic) bond motifs is 1. The van der Waals surface area contributed by atoms with Gasteiger partial charge in [0, 0.05) is 36.7 Å². The van der Waals surface area contributed by atoms with Crippen molar-refractivity contribution in [3.8, 4) is 22.6 Å². The summed E-state index contributed by atoms with van der Waals surface area (Å²) in [6.07, 6.45) is 2.73. The summed E-state index contributed by atoms with van der Waals surface area (Å²) in [5.74, 6) is 1.05. The fraction of sp³-hybridized carbons (Fsp3) is 0.500. The van der Waals surface area contributed by atoms with Gasteiger partial charge in [-0.25, -0.2) is 0 Å². The number of rotatable bonds is 9. The van der Waals surface area contributed by atoms with Gasteiger partial charge in [-0.15, -0.1) is 0 Å². The Balaban J connectivity index is 2.08. The van der Waals surface area contributed by atoms with Gasteiger partial charge in [0.25, 0.3) is 5.91 Å². The van der Waals surface area contributed by atoms with Gasteiger partial charge in [-0.1, -0.05) is 19.4 Å². The summed E-state index contributed by atoms with van der Waals surface area (Å²) in [6, 6.07) is 5.85. The molecule has 0 fully saturated rings. The lowest BCUT2D eigenvalue weighted by Gasteiger charge is -2.19. The van der Waals surface area contributed by atoms with Crippen molar-refractivity contribution in [1.29, 1.82) is 0 Å². The van der Waals surface area contributed by atoms with Crippen molar-refractivity contribution < 1.29 is 19.0 Å². The van der Waals surface area contributed by atoms with E-state index in [4.69, 9.17) is 19.9 Å². The molecule has 0 bridgehead atoms. The van der Waals surface area contributed by atoms with Gasteiger partial charge in [-0.2, -0.15) is 0 Å². The second kappa shape index (κ2) is 9.15. The van der Waals surface area contributed by atoms with E-state index in [0.29, 0.717) is 37.7 Å².